The molecular formula is C13H17N3O3. The maximum atomic E-state index is 12.1. The summed E-state index contributed by atoms with van der Waals surface area (Å²) in [5, 5.41) is 14.0. The van der Waals surface area contributed by atoms with Crippen LogP contribution in [-0.4, -0.2) is 41.4 Å². The summed E-state index contributed by atoms with van der Waals surface area (Å²) in [6.07, 6.45) is 0.217. The molecule has 2 rings (SSSR count). The van der Waals surface area contributed by atoms with Crippen molar-refractivity contribution in [1.82, 2.24) is 10.2 Å². The molecule has 0 aromatic heterocycles. The van der Waals surface area contributed by atoms with Crippen LogP contribution in [-0.2, 0) is 11.2 Å². The third kappa shape index (κ3) is 3.51. The van der Waals surface area contributed by atoms with Crippen LogP contribution in [0, 0.1) is 10.1 Å². The molecule has 1 N–H and O–H groups in total. The molecule has 1 aliphatic rings. The molecule has 6 nitrogen and oxygen atoms in total. The van der Waals surface area contributed by atoms with E-state index in [1.807, 2.05) is 6.92 Å². The fourth-order valence-corrected chi connectivity index (χ4v) is 2.23. The number of amides is 1. The standard InChI is InChI=1S/C13H17N3O3/c1-10-9-15(6-5-14-10)13(17)8-11-3-2-4-12(7-11)16(18)19/h2-4,7,10,14H,5-6,8-9H2,1H3/t10-/m0/s1. The molecule has 0 aliphatic carbocycles. The van der Waals surface area contributed by atoms with E-state index in [0.29, 0.717) is 24.7 Å². The van der Waals surface area contributed by atoms with Crippen molar-refractivity contribution in [3.63, 3.8) is 0 Å². The van der Waals surface area contributed by atoms with Crippen molar-refractivity contribution in [1.29, 1.82) is 0 Å². The number of hydrogen-bond donors (Lipinski definition) is 1. The van der Waals surface area contributed by atoms with E-state index in [4.69, 9.17) is 0 Å². The largest absolute Gasteiger partial charge is 0.340 e. The highest BCUT2D eigenvalue weighted by atomic mass is 16.6. The van der Waals surface area contributed by atoms with Gasteiger partial charge in [-0.1, -0.05) is 12.1 Å². The highest BCUT2D eigenvalue weighted by Gasteiger charge is 2.20. The van der Waals surface area contributed by atoms with Gasteiger partial charge in [0.25, 0.3) is 5.69 Å². The lowest BCUT2D eigenvalue weighted by Gasteiger charge is -2.32. The molecule has 1 saturated heterocycles. The Morgan fingerprint density at radius 2 is 2.37 bits per heavy atom. The van der Waals surface area contributed by atoms with Crippen LogP contribution in [0.15, 0.2) is 24.3 Å². The predicted octanol–water partition coefficient (Wildman–Crippen LogP) is 0.958. The highest BCUT2D eigenvalue weighted by molar-refractivity contribution is 5.79. The summed E-state index contributed by atoms with van der Waals surface area (Å²) in [6.45, 7) is 4.21. The van der Waals surface area contributed by atoms with Crippen molar-refractivity contribution in [3.8, 4) is 0 Å². The summed E-state index contributed by atoms with van der Waals surface area (Å²) >= 11 is 0. The first kappa shape index (κ1) is 13.5. The second kappa shape index (κ2) is 5.79. The molecule has 1 aliphatic heterocycles. The molecule has 0 bridgehead atoms. The van der Waals surface area contributed by atoms with Crippen LogP contribution >= 0.6 is 0 Å². The van der Waals surface area contributed by atoms with Gasteiger partial charge in [0.15, 0.2) is 0 Å². The Hall–Kier alpha value is -1.95. The average Bonchev–Trinajstić information content (AvgIpc) is 2.39. The van der Waals surface area contributed by atoms with Gasteiger partial charge in [0.1, 0.15) is 0 Å². The Kier molecular flexibility index (Phi) is 4.11. The molecule has 0 unspecified atom stereocenters. The van der Waals surface area contributed by atoms with Crippen molar-refractivity contribution in [2.75, 3.05) is 19.6 Å². The SMILES string of the molecule is C[C@H]1CN(C(=O)Cc2cccc([N+](=O)[O-])c2)CCN1. The van der Waals surface area contributed by atoms with Crippen LogP contribution in [0.3, 0.4) is 0 Å². The number of carbonyl (C=O) groups excluding carboxylic acids is 1. The van der Waals surface area contributed by atoms with E-state index < -0.39 is 4.92 Å². The highest BCUT2D eigenvalue weighted by Crippen LogP contribution is 2.14. The number of nitro benzene ring substituents is 1. The number of nitrogens with zero attached hydrogens (tertiary/aromatic N) is 2. The number of piperazine rings is 1. The van der Waals surface area contributed by atoms with Gasteiger partial charge >= 0.3 is 0 Å². The zero-order valence-electron chi connectivity index (χ0n) is 10.8. The van der Waals surface area contributed by atoms with E-state index in [1.165, 1.54) is 12.1 Å². The van der Waals surface area contributed by atoms with Gasteiger partial charge in [0, 0.05) is 37.8 Å². The van der Waals surface area contributed by atoms with E-state index in [-0.39, 0.29) is 18.0 Å². The second-order valence-corrected chi connectivity index (χ2v) is 4.80. The fraction of sp³-hybridized carbons (Fsp3) is 0.462. The minimum Gasteiger partial charge on any atom is -0.340 e. The molecule has 1 aromatic rings. The molecule has 1 aromatic carbocycles. The maximum absolute atomic E-state index is 12.1. The lowest BCUT2D eigenvalue weighted by molar-refractivity contribution is -0.384. The second-order valence-electron chi connectivity index (χ2n) is 4.80. The molecular weight excluding hydrogens is 246 g/mol. The van der Waals surface area contributed by atoms with Gasteiger partial charge in [-0.3, -0.25) is 14.9 Å². The molecule has 6 heteroatoms. The smallest absolute Gasteiger partial charge is 0.269 e. The van der Waals surface area contributed by atoms with E-state index in [9.17, 15) is 14.9 Å². The minimum atomic E-state index is -0.444. The van der Waals surface area contributed by atoms with Crippen LogP contribution in [0.2, 0.25) is 0 Å². The van der Waals surface area contributed by atoms with Crippen molar-refractivity contribution in [2.45, 2.75) is 19.4 Å². The Morgan fingerprint density at radius 1 is 1.58 bits per heavy atom. The summed E-state index contributed by atoms with van der Waals surface area (Å²) in [5.41, 5.74) is 0.712. The Morgan fingerprint density at radius 3 is 3.05 bits per heavy atom. The summed E-state index contributed by atoms with van der Waals surface area (Å²) in [4.78, 5) is 24.2. The number of nitrogens with one attached hydrogen (secondary N) is 1. The third-order valence-electron chi connectivity index (χ3n) is 3.20. The molecule has 1 fully saturated rings. The van der Waals surface area contributed by atoms with Crippen molar-refractivity contribution in [3.05, 3.63) is 39.9 Å². The zero-order valence-corrected chi connectivity index (χ0v) is 10.8. The van der Waals surface area contributed by atoms with Crippen LogP contribution in [0.5, 0.6) is 0 Å². The first-order chi connectivity index (χ1) is 9.06. The molecule has 1 atom stereocenters. The summed E-state index contributed by atoms with van der Waals surface area (Å²) in [7, 11) is 0. The fourth-order valence-electron chi connectivity index (χ4n) is 2.23. The number of hydrogen-bond acceptors (Lipinski definition) is 4. The number of non-ortho nitro benzene ring substituents is 1. The molecule has 102 valence electrons. The summed E-state index contributed by atoms with van der Waals surface area (Å²) < 4.78 is 0. The lowest BCUT2D eigenvalue weighted by Crippen LogP contribution is -2.51. The quantitative estimate of drug-likeness (QED) is 0.651. The Labute approximate surface area is 111 Å². The first-order valence-electron chi connectivity index (χ1n) is 6.31. The average molecular weight is 263 g/mol. The molecule has 19 heavy (non-hydrogen) atoms. The number of carbonyl (C=O) groups is 1. The molecule has 0 saturated carbocycles. The Bertz CT molecular complexity index is 490. The van der Waals surface area contributed by atoms with Crippen molar-refractivity contribution < 1.29 is 9.72 Å². The molecule has 1 amide bonds. The van der Waals surface area contributed by atoms with Crippen LogP contribution in [0.1, 0.15) is 12.5 Å². The van der Waals surface area contributed by atoms with Gasteiger partial charge in [-0.2, -0.15) is 0 Å². The summed E-state index contributed by atoms with van der Waals surface area (Å²) in [5.74, 6) is 0.0221. The number of benzene rings is 1. The van der Waals surface area contributed by atoms with Gasteiger partial charge in [0.2, 0.25) is 5.91 Å². The van der Waals surface area contributed by atoms with Crippen LogP contribution in [0.25, 0.3) is 0 Å². The topological polar surface area (TPSA) is 75.5 Å². The van der Waals surface area contributed by atoms with Gasteiger partial charge < -0.3 is 10.2 Å². The molecule has 1 heterocycles. The Balaban J connectivity index is 2.02. The number of nitro groups is 1. The number of rotatable bonds is 3. The van der Waals surface area contributed by atoms with Gasteiger partial charge in [-0.25, -0.2) is 0 Å². The third-order valence-corrected chi connectivity index (χ3v) is 3.20. The van der Waals surface area contributed by atoms with Crippen molar-refractivity contribution in [2.24, 2.45) is 0 Å². The van der Waals surface area contributed by atoms with Crippen molar-refractivity contribution >= 4 is 11.6 Å². The van der Waals surface area contributed by atoms with E-state index in [0.717, 1.165) is 6.54 Å². The summed E-state index contributed by atoms with van der Waals surface area (Å²) in [6, 6.07) is 6.55. The molecule has 0 spiro atoms. The monoisotopic (exact) mass is 263 g/mol. The van der Waals surface area contributed by atoms with Gasteiger partial charge in [-0.05, 0) is 12.5 Å². The maximum Gasteiger partial charge on any atom is 0.269 e. The normalized spacial score (nSPS) is 19.2. The van der Waals surface area contributed by atoms with E-state index >= 15 is 0 Å². The van der Waals surface area contributed by atoms with E-state index in [2.05, 4.69) is 5.32 Å². The predicted molar refractivity (Wildman–Crippen MR) is 70.8 cm³/mol. The van der Waals surface area contributed by atoms with E-state index in [1.54, 1.807) is 17.0 Å². The first-order valence-corrected chi connectivity index (χ1v) is 6.31. The van der Waals surface area contributed by atoms with Crippen LogP contribution < -0.4 is 5.32 Å². The van der Waals surface area contributed by atoms with Crippen LogP contribution in [0.4, 0.5) is 5.69 Å². The zero-order chi connectivity index (χ0) is 13.8. The lowest BCUT2D eigenvalue weighted by atomic mass is 10.1. The minimum absolute atomic E-state index is 0.0221. The van der Waals surface area contributed by atoms with Gasteiger partial charge in [0.05, 0.1) is 11.3 Å². The molecule has 0 radical (unpaired) electrons. The van der Waals surface area contributed by atoms with Gasteiger partial charge in [-0.15, -0.1) is 0 Å².